The molecule has 3 unspecified atom stereocenters. The van der Waals surface area contributed by atoms with Gasteiger partial charge >= 0.3 is 0 Å². The lowest BCUT2D eigenvalue weighted by Gasteiger charge is -2.40. The Kier molecular flexibility index (Phi) is 1.64. The van der Waals surface area contributed by atoms with E-state index in [9.17, 15) is 5.11 Å². The molecule has 2 aliphatic heterocycles. The lowest BCUT2D eigenvalue weighted by Crippen LogP contribution is -2.50. The molecule has 0 aromatic carbocycles. The summed E-state index contributed by atoms with van der Waals surface area (Å²) in [7, 11) is 1.96. The molecule has 0 aliphatic carbocycles. The molecule has 2 saturated heterocycles. The molecule has 3 heteroatoms. The van der Waals surface area contributed by atoms with Gasteiger partial charge in [0.25, 0.3) is 0 Å². The molecule has 2 heterocycles. The van der Waals surface area contributed by atoms with Crippen molar-refractivity contribution in [3.05, 3.63) is 0 Å². The molecule has 0 radical (unpaired) electrons. The summed E-state index contributed by atoms with van der Waals surface area (Å²) >= 11 is 0. The fourth-order valence-electron chi connectivity index (χ4n) is 2.53. The molecule has 0 aromatic heterocycles. The Morgan fingerprint density at radius 2 is 2.42 bits per heavy atom. The van der Waals surface area contributed by atoms with E-state index >= 15 is 0 Å². The standard InChI is InChI=1S/C9H14N2O/c1-11-8-2-3-9(11,12)5-7(4-8)6-10/h7-8,12H,2-5H2,1H3. The van der Waals surface area contributed by atoms with Crippen LogP contribution in [0, 0.1) is 17.2 Å². The van der Waals surface area contributed by atoms with Crippen molar-refractivity contribution in [2.75, 3.05) is 7.05 Å². The summed E-state index contributed by atoms with van der Waals surface area (Å²) in [6.45, 7) is 0. The molecule has 0 amide bonds. The van der Waals surface area contributed by atoms with Crippen LogP contribution < -0.4 is 0 Å². The Balaban J connectivity index is 2.20. The Morgan fingerprint density at radius 1 is 1.67 bits per heavy atom. The van der Waals surface area contributed by atoms with E-state index in [1.54, 1.807) is 0 Å². The van der Waals surface area contributed by atoms with Gasteiger partial charge in [-0.1, -0.05) is 0 Å². The zero-order chi connectivity index (χ0) is 8.77. The van der Waals surface area contributed by atoms with Crippen LogP contribution in [0.5, 0.6) is 0 Å². The van der Waals surface area contributed by atoms with E-state index in [1.165, 1.54) is 0 Å². The van der Waals surface area contributed by atoms with Gasteiger partial charge in [-0.15, -0.1) is 0 Å². The predicted molar refractivity (Wildman–Crippen MR) is 44.1 cm³/mol. The molecule has 3 nitrogen and oxygen atoms in total. The minimum Gasteiger partial charge on any atom is -0.376 e. The van der Waals surface area contributed by atoms with Crippen molar-refractivity contribution in [3.8, 4) is 6.07 Å². The molecule has 12 heavy (non-hydrogen) atoms. The Morgan fingerprint density at radius 3 is 3.00 bits per heavy atom. The van der Waals surface area contributed by atoms with Crippen molar-refractivity contribution in [1.29, 1.82) is 5.26 Å². The van der Waals surface area contributed by atoms with Gasteiger partial charge in [0.1, 0.15) is 5.72 Å². The van der Waals surface area contributed by atoms with Crippen LogP contribution in [-0.2, 0) is 0 Å². The molecule has 2 fully saturated rings. The summed E-state index contributed by atoms with van der Waals surface area (Å²) in [6, 6.07) is 2.70. The van der Waals surface area contributed by atoms with E-state index in [4.69, 9.17) is 5.26 Å². The van der Waals surface area contributed by atoms with Gasteiger partial charge in [-0.2, -0.15) is 5.26 Å². The van der Waals surface area contributed by atoms with Gasteiger partial charge in [-0.3, -0.25) is 4.90 Å². The number of nitriles is 1. The first-order valence-corrected chi connectivity index (χ1v) is 4.51. The maximum atomic E-state index is 10.1. The second-order valence-corrected chi connectivity index (χ2v) is 4.05. The van der Waals surface area contributed by atoms with Crippen molar-refractivity contribution < 1.29 is 5.11 Å². The highest BCUT2D eigenvalue weighted by Crippen LogP contribution is 2.43. The number of hydrogen-bond acceptors (Lipinski definition) is 3. The topological polar surface area (TPSA) is 47.3 Å². The molecule has 3 atom stereocenters. The predicted octanol–water partition coefficient (Wildman–Crippen LogP) is 0.703. The van der Waals surface area contributed by atoms with Crippen LogP contribution in [0.15, 0.2) is 0 Å². The number of rotatable bonds is 0. The highest BCUT2D eigenvalue weighted by atomic mass is 16.3. The third-order valence-corrected chi connectivity index (χ3v) is 3.39. The zero-order valence-corrected chi connectivity index (χ0v) is 7.32. The summed E-state index contributed by atoms with van der Waals surface area (Å²) in [5.74, 6) is 0.0682. The van der Waals surface area contributed by atoms with Crippen LogP contribution in [0.2, 0.25) is 0 Å². The third-order valence-electron chi connectivity index (χ3n) is 3.39. The monoisotopic (exact) mass is 166 g/mol. The molecular weight excluding hydrogens is 152 g/mol. The maximum absolute atomic E-state index is 10.1. The third kappa shape index (κ3) is 0.954. The van der Waals surface area contributed by atoms with Crippen LogP contribution in [0.4, 0.5) is 0 Å². The van der Waals surface area contributed by atoms with Crippen LogP contribution in [0.1, 0.15) is 25.7 Å². The number of aliphatic hydroxyl groups is 1. The average Bonchev–Trinajstić information content (AvgIpc) is 2.25. The second-order valence-electron chi connectivity index (χ2n) is 4.05. The molecule has 0 spiro atoms. The van der Waals surface area contributed by atoms with E-state index in [2.05, 4.69) is 6.07 Å². The fourth-order valence-corrected chi connectivity index (χ4v) is 2.53. The van der Waals surface area contributed by atoms with Crippen molar-refractivity contribution in [1.82, 2.24) is 4.90 Å². The van der Waals surface area contributed by atoms with Gasteiger partial charge < -0.3 is 5.11 Å². The summed E-state index contributed by atoms with van der Waals surface area (Å²) in [5.41, 5.74) is -0.663. The molecule has 2 bridgehead atoms. The quantitative estimate of drug-likeness (QED) is 0.576. The highest BCUT2D eigenvalue weighted by Gasteiger charge is 2.48. The van der Waals surface area contributed by atoms with Gasteiger partial charge in [-0.25, -0.2) is 0 Å². The number of nitrogens with zero attached hydrogens (tertiary/aromatic N) is 2. The Labute approximate surface area is 72.6 Å². The molecule has 0 saturated carbocycles. The lowest BCUT2D eigenvalue weighted by molar-refractivity contribution is -0.113. The van der Waals surface area contributed by atoms with Crippen molar-refractivity contribution >= 4 is 0 Å². The zero-order valence-electron chi connectivity index (χ0n) is 7.32. The summed E-state index contributed by atoms with van der Waals surface area (Å²) in [4.78, 5) is 2.04. The fraction of sp³-hybridized carbons (Fsp3) is 0.889. The largest absolute Gasteiger partial charge is 0.376 e. The second kappa shape index (κ2) is 2.45. The van der Waals surface area contributed by atoms with Crippen LogP contribution >= 0.6 is 0 Å². The molecule has 0 aromatic rings. The summed E-state index contributed by atoms with van der Waals surface area (Å²) < 4.78 is 0. The van der Waals surface area contributed by atoms with Crippen molar-refractivity contribution in [3.63, 3.8) is 0 Å². The van der Waals surface area contributed by atoms with E-state index in [0.29, 0.717) is 12.5 Å². The SMILES string of the molecule is CN1C2CCC1(O)CC(C#N)C2. The minimum atomic E-state index is -0.663. The number of piperidine rings is 1. The number of hydrogen-bond donors (Lipinski definition) is 1. The van der Waals surface area contributed by atoms with Gasteiger partial charge in [0.15, 0.2) is 0 Å². The first-order chi connectivity index (χ1) is 5.65. The summed E-state index contributed by atoms with van der Waals surface area (Å²) in [6.07, 6.45) is 3.46. The molecule has 66 valence electrons. The normalized spacial score (nSPS) is 47.4. The van der Waals surface area contributed by atoms with E-state index in [1.807, 2.05) is 11.9 Å². The smallest absolute Gasteiger partial charge is 0.119 e. The molecule has 2 rings (SSSR count). The lowest BCUT2D eigenvalue weighted by atomic mass is 9.90. The van der Waals surface area contributed by atoms with Gasteiger partial charge in [0, 0.05) is 12.5 Å². The van der Waals surface area contributed by atoms with Crippen molar-refractivity contribution in [2.24, 2.45) is 5.92 Å². The van der Waals surface area contributed by atoms with E-state index < -0.39 is 5.72 Å². The average molecular weight is 166 g/mol. The van der Waals surface area contributed by atoms with E-state index in [0.717, 1.165) is 19.3 Å². The first kappa shape index (κ1) is 8.03. The van der Waals surface area contributed by atoms with Gasteiger partial charge in [-0.05, 0) is 26.3 Å². The Hall–Kier alpha value is -0.590. The maximum Gasteiger partial charge on any atom is 0.119 e. The molecular formula is C9H14N2O. The van der Waals surface area contributed by atoms with E-state index in [-0.39, 0.29) is 5.92 Å². The van der Waals surface area contributed by atoms with Gasteiger partial charge in [0.05, 0.1) is 12.0 Å². The summed E-state index contributed by atoms with van der Waals surface area (Å²) in [5, 5.41) is 18.8. The van der Waals surface area contributed by atoms with Gasteiger partial charge in [0.2, 0.25) is 0 Å². The molecule has 2 aliphatic rings. The van der Waals surface area contributed by atoms with Crippen LogP contribution in [0.3, 0.4) is 0 Å². The molecule has 1 N–H and O–H groups in total. The van der Waals surface area contributed by atoms with Crippen LogP contribution in [0.25, 0.3) is 0 Å². The van der Waals surface area contributed by atoms with Crippen LogP contribution in [-0.4, -0.2) is 28.8 Å². The highest BCUT2D eigenvalue weighted by molar-refractivity contribution is 5.03. The Bertz CT molecular complexity index is 235. The van der Waals surface area contributed by atoms with Crippen molar-refractivity contribution in [2.45, 2.75) is 37.5 Å². The first-order valence-electron chi connectivity index (χ1n) is 4.51. The minimum absolute atomic E-state index is 0.0682. The number of fused-ring (bicyclic) bond motifs is 2.